The molecule has 1 atom stereocenters. The van der Waals surface area contributed by atoms with Crippen LogP contribution in [0.25, 0.3) is 28.2 Å². The number of benzene rings is 1. The Morgan fingerprint density at radius 2 is 1.86 bits per heavy atom. The molecule has 0 fully saturated rings. The summed E-state index contributed by atoms with van der Waals surface area (Å²) in [6, 6.07) is 10.9. The Hall–Kier alpha value is -3.19. The SMILES string of the molecule is CNC(C)c1ccc(-c2n[nH]c(-c3cc(OC)c4ncnn4c3)c2C(C)C)cc1. The summed E-state index contributed by atoms with van der Waals surface area (Å²) in [5.74, 6) is 0.961. The fourth-order valence-corrected chi connectivity index (χ4v) is 3.63. The molecule has 7 nitrogen and oxygen atoms in total. The average Bonchev–Trinajstić information content (AvgIpc) is 3.39. The lowest BCUT2D eigenvalue weighted by molar-refractivity contribution is 0.416. The lowest BCUT2D eigenvalue weighted by Gasteiger charge is -2.13. The van der Waals surface area contributed by atoms with Crippen LogP contribution in [0, 0.1) is 0 Å². The third-order valence-electron chi connectivity index (χ3n) is 5.35. The highest BCUT2D eigenvalue weighted by Crippen LogP contribution is 2.37. The predicted molar refractivity (Wildman–Crippen MR) is 114 cm³/mol. The van der Waals surface area contributed by atoms with E-state index in [0.29, 0.717) is 17.4 Å². The number of pyridine rings is 1. The monoisotopic (exact) mass is 390 g/mol. The highest BCUT2D eigenvalue weighted by molar-refractivity contribution is 5.76. The molecule has 1 aromatic carbocycles. The van der Waals surface area contributed by atoms with Crippen molar-refractivity contribution in [1.29, 1.82) is 0 Å². The second kappa shape index (κ2) is 7.67. The average molecular weight is 390 g/mol. The largest absolute Gasteiger partial charge is 0.493 e. The van der Waals surface area contributed by atoms with E-state index in [0.717, 1.165) is 22.5 Å². The van der Waals surface area contributed by atoms with Crippen molar-refractivity contribution in [3.05, 3.63) is 54.0 Å². The van der Waals surface area contributed by atoms with Gasteiger partial charge in [0.25, 0.3) is 0 Å². The Balaban J connectivity index is 1.82. The molecule has 0 saturated carbocycles. The highest BCUT2D eigenvalue weighted by Gasteiger charge is 2.21. The summed E-state index contributed by atoms with van der Waals surface area (Å²) in [6.45, 7) is 6.51. The number of hydrogen-bond acceptors (Lipinski definition) is 5. The second-order valence-electron chi connectivity index (χ2n) is 7.47. The minimum Gasteiger partial charge on any atom is -0.493 e. The Morgan fingerprint density at radius 3 is 2.52 bits per heavy atom. The number of nitrogens with zero attached hydrogens (tertiary/aromatic N) is 4. The number of ether oxygens (including phenoxy) is 1. The van der Waals surface area contributed by atoms with Gasteiger partial charge in [0.2, 0.25) is 0 Å². The Morgan fingerprint density at radius 1 is 1.10 bits per heavy atom. The fraction of sp³-hybridized carbons (Fsp3) is 0.318. The molecule has 4 rings (SSSR count). The molecular formula is C22H26N6O. The van der Waals surface area contributed by atoms with Crippen molar-refractivity contribution in [2.24, 2.45) is 0 Å². The first kappa shape index (κ1) is 19.1. The minimum atomic E-state index is 0.284. The van der Waals surface area contributed by atoms with Crippen LogP contribution in [0.2, 0.25) is 0 Å². The van der Waals surface area contributed by atoms with E-state index < -0.39 is 0 Å². The van der Waals surface area contributed by atoms with Crippen LogP contribution in [-0.4, -0.2) is 39.0 Å². The molecule has 0 amide bonds. The van der Waals surface area contributed by atoms with Gasteiger partial charge in [-0.3, -0.25) is 5.10 Å². The number of methoxy groups -OCH3 is 1. The lowest BCUT2D eigenvalue weighted by Crippen LogP contribution is -2.11. The highest BCUT2D eigenvalue weighted by atomic mass is 16.5. The van der Waals surface area contributed by atoms with Crippen molar-refractivity contribution in [3.63, 3.8) is 0 Å². The summed E-state index contributed by atoms with van der Waals surface area (Å²) in [5.41, 5.74) is 7.10. The van der Waals surface area contributed by atoms with Crippen LogP contribution in [0.3, 0.4) is 0 Å². The van der Waals surface area contributed by atoms with Gasteiger partial charge in [0.05, 0.1) is 18.5 Å². The smallest absolute Gasteiger partial charge is 0.197 e. The number of rotatable bonds is 6. The van der Waals surface area contributed by atoms with Gasteiger partial charge < -0.3 is 10.1 Å². The quantitative estimate of drug-likeness (QED) is 0.516. The Bertz CT molecular complexity index is 1130. The van der Waals surface area contributed by atoms with E-state index in [9.17, 15) is 0 Å². The molecule has 1 unspecified atom stereocenters. The molecule has 7 heteroatoms. The molecule has 3 aromatic heterocycles. The number of nitrogens with one attached hydrogen (secondary N) is 2. The molecule has 0 aliphatic carbocycles. The van der Waals surface area contributed by atoms with E-state index in [2.05, 4.69) is 70.6 Å². The van der Waals surface area contributed by atoms with Crippen LogP contribution in [0.4, 0.5) is 0 Å². The van der Waals surface area contributed by atoms with E-state index in [4.69, 9.17) is 4.74 Å². The summed E-state index contributed by atoms with van der Waals surface area (Å²) in [6.07, 6.45) is 3.48. The van der Waals surface area contributed by atoms with Crippen molar-refractivity contribution >= 4 is 5.65 Å². The zero-order valence-corrected chi connectivity index (χ0v) is 17.4. The summed E-state index contributed by atoms with van der Waals surface area (Å²) >= 11 is 0. The maximum atomic E-state index is 5.52. The van der Waals surface area contributed by atoms with Gasteiger partial charge in [0.15, 0.2) is 11.4 Å². The maximum absolute atomic E-state index is 5.52. The van der Waals surface area contributed by atoms with E-state index >= 15 is 0 Å². The molecule has 0 aliphatic rings. The van der Waals surface area contributed by atoms with Crippen molar-refractivity contribution in [1.82, 2.24) is 30.1 Å². The summed E-state index contributed by atoms with van der Waals surface area (Å²) in [5, 5.41) is 15.5. The molecule has 29 heavy (non-hydrogen) atoms. The van der Waals surface area contributed by atoms with Crippen molar-refractivity contribution < 1.29 is 4.74 Å². The van der Waals surface area contributed by atoms with Crippen LogP contribution < -0.4 is 10.1 Å². The van der Waals surface area contributed by atoms with Crippen LogP contribution in [0.15, 0.2) is 42.9 Å². The molecule has 4 aromatic rings. The van der Waals surface area contributed by atoms with Crippen molar-refractivity contribution in [3.8, 4) is 28.3 Å². The molecule has 0 aliphatic heterocycles. The zero-order chi connectivity index (χ0) is 20.5. The fourth-order valence-electron chi connectivity index (χ4n) is 3.63. The van der Waals surface area contributed by atoms with Crippen LogP contribution in [0.5, 0.6) is 5.75 Å². The maximum Gasteiger partial charge on any atom is 0.197 e. The Kier molecular flexibility index (Phi) is 5.07. The molecule has 0 bridgehead atoms. The number of H-pyrrole nitrogens is 1. The first-order chi connectivity index (χ1) is 14.0. The van der Waals surface area contributed by atoms with Crippen LogP contribution in [-0.2, 0) is 0 Å². The molecule has 3 heterocycles. The van der Waals surface area contributed by atoms with Gasteiger partial charge in [0, 0.05) is 28.9 Å². The summed E-state index contributed by atoms with van der Waals surface area (Å²) < 4.78 is 7.25. The normalized spacial score (nSPS) is 12.6. The van der Waals surface area contributed by atoms with Gasteiger partial charge >= 0.3 is 0 Å². The van der Waals surface area contributed by atoms with E-state index in [-0.39, 0.29) is 5.92 Å². The van der Waals surface area contributed by atoms with Gasteiger partial charge in [-0.15, -0.1) is 0 Å². The third kappa shape index (κ3) is 3.38. The second-order valence-corrected chi connectivity index (χ2v) is 7.47. The van der Waals surface area contributed by atoms with Crippen LogP contribution in [0.1, 0.15) is 43.9 Å². The topological polar surface area (TPSA) is 80.1 Å². The number of aromatic amines is 1. The molecule has 0 saturated heterocycles. The zero-order valence-electron chi connectivity index (χ0n) is 17.4. The minimum absolute atomic E-state index is 0.284. The van der Waals surface area contributed by atoms with Crippen LogP contribution >= 0.6 is 0 Å². The molecule has 2 N–H and O–H groups in total. The van der Waals surface area contributed by atoms with Gasteiger partial charge in [0.1, 0.15) is 6.33 Å². The van der Waals surface area contributed by atoms with E-state index in [1.807, 2.05) is 19.3 Å². The van der Waals surface area contributed by atoms with E-state index in [1.54, 1.807) is 11.6 Å². The first-order valence-corrected chi connectivity index (χ1v) is 9.77. The van der Waals surface area contributed by atoms with Gasteiger partial charge in [-0.1, -0.05) is 38.1 Å². The number of fused-ring (bicyclic) bond motifs is 1. The summed E-state index contributed by atoms with van der Waals surface area (Å²) in [7, 11) is 3.61. The Labute approximate surface area is 170 Å². The predicted octanol–water partition coefficient (Wildman–Crippen LogP) is 4.20. The van der Waals surface area contributed by atoms with Crippen molar-refractivity contribution in [2.45, 2.75) is 32.7 Å². The standard InChI is InChI=1S/C22H26N6O/c1-13(2)19-20(16-8-6-15(7-9-16)14(3)23-4)26-27-21(19)17-10-18(29-5)22-24-12-25-28(22)11-17/h6-14,23H,1-5H3,(H,26,27). The molecule has 0 radical (unpaired) electrons. The number of aromatic nitrogens is 5. The summed E-state index contributed by atoms with van der Waals surface area (Å²) in [4.78, 5) is 4.26. The molecular weight excluding hydrogens is 364 g/mol. The molecule has 0 spiro atoms. The van der Waals surface area contributed by atoms with Gasteiger partial charge in [-0.25, -0.2) is 9.50 Å². The van der Waals surface area contributed by atoms with Crippen molar-refractivity contribution in [2.75, 3.05) is 14.2 Å². The van der Waals surface area contributed by atoms with E-state index in [1.165, 1.54) is 17.5 Å². The van der Waals surface area contributed by atoms with Gasteiger partial charge in [-0.2, -0.15) is 10.2 Å². The number of hydrogen-bond donors (Lipinski definition) is 2. The van der Waals surface area contributed by atoms with Gasteiger partial charge in [-0.05, 0) is 31.5 Å². The third-order valence-corrected chi connectivity index (χ3v) is 5.35. The lowest BCUT2D eigenvalue weighted by atomic mass is 9.93. The first-order valence-electron chi connectivity index (χ1n) is 9.77. The molecule has 150 valence electrons.